The summed E-state index contributed by atoms with van der Waals surface area (Å²) in [7, 11) is 0. The Bertz CT molecular complexity index is 574. The molecule has 1 amide bonds. The SMILES string of the molecule is CC(C)CC(NC(=O)c1ccc([N+](=O)[O-])cc1Cl)C(=O)O. The van der Waals surface area contributed by atoms with Crippen LogP contribution in [0, 0.1) is 16.0 Å². The third-order valence-corrected chi connectivity index (χ3v) is 3.03. The molecule has 7 nitrogen and oxygen atoms in total. The fourth-order valence-electron chi connectivity index (χ4n) is 1.73. The van der Waals surface area contributed by atoms with Gasteiger partial charge in [-0.1, -0.05) is 25.4 Å². The van der Waals surface area contributed by atoms with Crippen molar-refractivity contribution in [2.24, 2.45) is 5.92 Å². The van der Waals surface area contributed by atoms with Crippen molar-refractivity contribution in [1.29, 1.82) is 0 Å². The smallest absolute Gasteiger partial charge is 0.326 e. The van der Waals surface area contributed by atoms with E-state index in [1.54, 1.807) is 0 Å². The number of benzene rings is 1. The Balaban J connectivity index is 2.92. The monoisotopic (exact) mass is 314 g/mol. The van der Waals surface area contributed by atoms with Crippen molar-refractivity contribution in [2.45, 2.75) is 26.3 Å². The summed E-state index contributed by atoms with van der Waals surface area (Å²) in [6.45, 7) is 3.67. The zero-order valence-electron chi connectivity index (χ0n) is 11.5. The van der Waals surface area contributed by atoms with Gasteiger partial charge in [0, 0.05) is 12.1 Å². The molecule has 0 bridgehead atoms. The molecular formula is C13H15ClN2O5. The van der Waals surface area contributed by atoms with Crippen LogP contribution in [0.4, 0.5) is 5.69 Å². The highest BCUT2D eigenvalue weighted by atomic mass is 35.5. The molecule has 114 valence electrons. The Morgan fingerprint density at radius 2 is 2.05 bits per heavy atom. The molecule has 0 aliphatic rings. The number of hydrogen-bond donors (Lipinski definition) is 2. The van der Waals surface area contributed by atoms with Crippen LogP contribution in [0.15, 0.2) is 18.2 Å². The lowest BCUT2D eigenvalue weighted by molar-refractivity contribution is -0.384. The molecule has 1 atom stereocenters. The number of aliphatic carboxylic acids is 1. The van der Waals surface area contributed by atoms with Crippen molar-refractivity contribution in [1.82, 2.24) is 5.32 Å². The van der Waals surface area contributed by atoms with Gasteiger partial charge in [-0.2, -0.15) is 0 Å². The number of nitro groups is 1. The van der Waals surface area contributed by atoms with Gasteiger partial charge in [0.05, 0.1) is 15.5 Å². The molecule has 0 aromatic heterocycles. The van der Waals surface area contributed by atoms with Crippen LogP contribution in [-0.2, 0) is 4.79 Å². The molecule has 0 heterocycles. The third-order valence-electron chi connectivity index (χ3n) is 2.72. The molecule has 0 saturated carbocycles. The number of nitro benzene ring substituents is 1. The van der Waals surface area contributed by atoms with E-state index in [9.17, 15) is 19.7 Å². The quantitative estimate of drug-likeness (QED) is 0.619. The number of amides is 1. The fourth-order valence-corrected chi connectivity index (χ4v) is 1.99. The van der Waals surface area contributed by atoms with Gasteiger partial charge >= 0.3 is 5.97 Å². The Hall–Kier alpha value is -2.15. The largest absolute Gasteiger partial charge is 0.480 e. The summed E-state index contributed by atoms with van der Waals surface area (Å²) in [4.78, 5) is 33.1. The van der Waals surface area contributed by atoms with Crippen LogP contribution in [-0.4, -0.2) is 27.9 Å². The summed E-state index contributed by atoms with van der Waals surface area (Å²) in [5, 5.41) is 21.9. The number of carboxylic acids is 1. The molecule has 0 spiro atoms. The van der Waals surface area contributed by atoms with E-state index in [0.717, 1.165) is 12.1 Å². The van der Waals surface area contributed by atoms with Crippen LogP contribution >= 0.6 is 11.6 Å². The maximum Gasteiger partial charge on any atom is 0.326 e. The fraction of sp³-hybridized carbons (Fsp3) is 0.385. The van der Waals surface area contributed by atoms with E-state index >= 15 is 0 Å². The lowest BCUT2D eigenvalue weighted by Crippen LogP contribution is -2.41. The van der Waals surface area contributed by atoms with E-state index in [0.29, 0.717) is 0 Å². The summed E-state index contributed by atoms with van der Waals surface area (Å²) in [5.74, 6) is -1.74. The van der Waals surface area contributed by atoms with Crippen molar-refractivity contribution >= 4 is 29.2 Å². The van der Waals surface area contributed by atoms with E-state index in [1.807, 2.05) is 13.8 Å². The molecule has 2 N–H and O–H groups in total. The van der Waals surface area contributed by atoms with Crippen LogP contribution in [0.2, 0.25) is 5.02 Å². The van der Waals surface area contributed by atoms with Crippen molar-refractivity contribution in [3.8, 4) is 0 Å². The van der Waals surface area contributed by atoms with E-state index in [4.69, 9.17) is 16.7 Å². The standard InChI is InChI=1S/C13H15ClN2O5/c1-7(2)5-11(13(18)19)15-12(17)9-4-3-8(16(20)21)6-10(9)14/h3-4,6-7,11H,5H2,1-2H3,(H,15,17)(H,18,19). The molecule has 0 saturated heterocycles. The van der Waals surface area contributed by atoms with E-state index < -0.39 is 22.8 Å². The normalized spacial score (nSPS) is 12.0. The van der Waals surface area contributed by atoms with Crippen molar-refractivity contribution < 1.29 is 19.6 Å². The summed E-state index contributed by atoms with van der Waals surface area (Å²) in [6.07, 6.45) is 0.270. The molecule has 1 aromatic rings. The highest BCUT2D eigenvalue weighted by Gasteiger charge is 2.23. The third kappa shape index (κ3) is 4.71. The van der Waals surface area contributed by atoms with Crippen molar-refractivity contribution in [3.05, 3.63) is 38.9 Å². The Labute approximate surface area is 126 Å². The van der Waals surface area contributed by atoms with Crippen LogP contribution in [0.25, 0.3) is 0 Å². The number of nitrogens with one attached hydrogen (secondary N) is 1. The van der Waals surface area contributed by atoms with Gasteiger partial charge in [0.1, 0.15) is 6.04 Å². The molecule has 0 fully saturated rings. The summed E-state index contributed by atoms with van der Waals surface area (Å²) < 4.78 is 0. The van der Waals surface area contributed by atoms with E-state index in [-0.39, 0.29) is 28.6 Å². The van der Waals surface area contributed by atoms with Gasteiger partial charge < -0.3 is 10.4 Å². The van der Waals surface area contributed by atoms with Crippen LogP contribution in [0.5, 0.6) is 0 Å². The number of carbonyl (C=O) groups excluding carboxylic acids is 1. The minimum absolute atomic E-state index is 0.00253. The Morgan fingerprint density at radius 3 is 2.48 bits per heavy atom. The predicted molar refractivity (Wildman–Crippen MR) is 76.5 cm³/mol. The van der Waals surface area contributed by atoms with Crippen LogP contribution < -0.4 is 5.32 Å². The minimum Gasteiger partial charge on any atom is -0.480 e. The highest BCUT2D eigenvalue weighted by molar-refractivity contribution is 6.34. The van der Waals surface area contributed by atoms with Crippen LogP contribution in [0.3, 0.4) is 0 Å². The van der Waals surface area contributed by atoms with E-state index in [2.05, 4.69) is 5.32 Å². The van der Waals surface area contributed by atoms with Gasteiger partial charge in [-0.15, -0.1) is 0 Å². The molecule has 8 heteroatoms. The van der Waals surface area contributed by atoms with Crippen LogP contribution in [0.1, 0.15) is 30.6 Å². The molecular weight excluding hydrogens is 300 g/mol. The topological polar surface area (TPSA) is 110 Å². The maximum absolute atomic E-state index is 12.0. The number of carboxylic acid groups (broad SMARTS) is 1. The summed E-state index contributed by atoms with van der Waals surface area (Å²) in [6, 6.07) is 2.35. The lowest BCUT2D eigenvalue weighted by Gasteiger charge is -2.16. The average Bonchev–Trinajstić information content (AvgIpc) is 2.36. The van der Waals surface area contributed by atoms with Gasteiger partial charge in [-0.05, 0) is 18.4 Å². The molecule has 0 aliphatic carbocycles. The second-order valence-electron chi connectivity index (χ2n) is 4.92. The minimum atomic E-state index is -1.14. The number of halogens is 1. The molecule has 21 heavy (non-hydrogen) atoms. The number of non-ortho nitro benzene ring substituents is 1. The molecule has 1 unspecified atom stereocenters. The highest BCUT2D eigenvalue weighted by Crippen LogP contribution is 2.22. The molecule has 0 aliphatic heterocycles. The average molecular weight is 315 g/mol. The Morgan fingerprint density at radius 1 is 1.43 bits per heavy atom. The first-order valence-electron chi connectivity index (χ1n) is 6.20. The summed E-state index contributed by atoms with van der Waals surface area (Å²) >= 11 is 5.82. The molecule has 1 aromatic carbocycles. The first-order chi connectivity index (χ1) is 9.72. The number of carbonyl (C=O) groups is 2. The number of nitrogens with zero attached hydrogens (tertiary/aromatic N) is 1. The van der Waals surface area contributed by atoms with Crippen molar-refractivity contribution in [3.63, 3.8) is 0 Å². The number of rotatable bonds is 6. The predicted octanol–water partition coefficient (Wildman–Crippen LogP) is 2.48. The number of hydrogen-bond acceptors (Lipinski definition) is 4. The zero-order chi connectivity index (χ0) is 16.2. The zero-order valence-corrected chi connectivity index (χ0v) is 12.3. The molecule has 1 rings (SSSR count). The van der Waals surface area contributed by atoms with Crippen molar-refractivity contribution in [2.75, 3.05) is 0 Å². The van der Waals surface area contributed by atoms with Gasteiger partial charge in [0.15, 0.2) is 0 Å². The first kappa shape index (κ1) is 16.9. The second-order valence-corrected chi connectivity index (χ2v) is 5.32. The maximum atomic E-state index is 12.0. The van der Waals surface area contributed by atoms with E-state index in [1.165, 1.54) is 6.07 Å². The summed E-state index contributed by atoms with van der Waals surface area (Å²) in [5.41, 5.74) is -0.245. The van der Waals surface area contributed by atoms with Gasteiger partial charge in [-0.3, -0.25) is 14.9 Å². The van der Waals surface area contributed by atoms with Gasteiger partial charge in [0.2, 0.25) is 0 Å². The lowest BCUT2D eigenvalue weighted by atomic mass is 10.0. The van der Waals surface area contributed by atoms with Gasteiger partial charge in [0.25, 0.3) is 11.6 Å². The first-order valence-corrected chi connectivity index (χ1v) is 6.57. The Kier molecular flexibility index (Phi) is 5.66. The second kappa shape index (κ2) is 7.03. The van der Waals surface area contributed by atoms with Gasteiger partial charge in [-0.25, -0.2) is 4.79 Å². The molecule has 0 radical (unpaired) electrons.